The van der Waals surface area contributed by atoms with Crippen LogP contribution in [0.25, 0.3) is 22.2 Å². The van der Waals surface area contributed by atoms with Crippen molar-refractivity contribution in [3.8, 4) is 11.3 Å². The monoisotopic (exact) mass is 835 g/mol. The first-order valence-electron chi connectivity index (χ1n) is 20.9. The first kappa shape index (κ1) is 44.2. The number of H-pyrrole nitrogens is 1. The fourth-order valence-electron chi connectivity index (χ4n) is 7.70. The molecule has 15 nitrogen and oxygen atoms in total. The van der Waals surface area contributed by atoms with Crippen molar-refractivity contribution < 1.29 is 38.2 Å². The zero-order chi connectivity index (χ0) is 44.1. The summed E-state index contributed by atoms with van der Waals surface area (Å²) in [5.74, 6) is -0.921. The molecule has 2 aliphatic rings. The maximum absolute atomic E-state index is 14.0. The lowest BCUT2D eigenvalue weighted by Crippen LogP contribution is -2.53. The van der Waals surface area contributed by atoms with Gasteiger partial charge in [-0.1, -0.05) is 49.4 Å². The van der Waals surface area contributed by atoms with Crippen LogP contribution < -0.4 is 21.3 Å². The predicted octanol–water partition coefficient (Wildman–Crippen LogP) is 7.90. The molecule has 6 rings (SSSR count). The van der Waals surface area contributed by atoms with Crippen LogP contribution in [0.1, 0.15) is 92.2 Å². The molecule has 4 atom stereocenters. The normalized spacial score (nSPS) is 17.6. The number of aromatic nitrogens is 1. The molecule has 2 aliphatic heterocycles. The minimum absolute atomic E-state index is 0.300. The molecular weight excluding hydrogens is 779 g/mol. The van der Waals surface area contributed by atoms with Crippen LogP contribution in [-0.4, -0.2) is 93.0 Å². The number of likely N-dealkylation sites (tertiary alicyclic amines) is 2. The maximum Gasteiger partial charge on any atom is 0.408 e. The Balaban J connectivity index is 1.08. The number of ketones is 1. The number of urea groups is 1. The number of anilines is 2. The highest BCUT2D eigenvalue weighted by Crippen LogP contribution is 2.30. The summed E-state index contributed by atoms with van der Waals surface area (Å²) < 4.78 is 10.8. The predicted molar refractivity (Wildman–Crippen MR) is 233 cm³/mol. The molecule has 61 heavy (non-hydrogen) atoms. The van der Waals surface area contributed by atoms with E-state index < -0.39 is 53.6 Å². The van der Waals surface area contributed by atoms with Crippen LogP contribution in [0.3, 0.4) is 0 Å². The lowest BCUT2D eigenvalue weighted by atomic mass is 9.96. The standard InChI is InChI=1S/C46H57N7O8/c1-8-33(50-43(58)60-45(2,3)4)41(56)52-24-13-17-37(52)40(55)47-31-20-18-28(19-21-31)35-27-30-26-32(22-23-34(30)49-35)48-42(57)53-25-12-16-36(53)39(54)38(29-14-10-9-11-15-29)51-44(59)61-46(5,6)7/h9-11,14-15,18-23,26-27,33,36-38,49H,8,12-13,16-17,24-25H2,1-7H3,(H,47,55)(H,48,57)(H,50,58)(H,51,59)/t33-,36?,37+,38-/m1/s1. The van der Waals surface area contributed by atoms with E-state index in [1.54, 1.807) is 90.9 Å². The molecule has 0 spiro atoms. The van der Waals surface area contributed by atoms with E-state index in [0.29, 0.717) is 62.1 Å². The summed E-state index contributed by atoms with van der Waals surface area (Å²) in [5.41, 5.74) is 2.78. The fourth-order valence-corrected chi connectivity index (χ4v) is 7.70. The lowest BCUT2D eigenvalue weighted by molar-refractivity contribution is -0.138. The number of hydrogen-bond donors (Lipinski definition) is 5. The molecule has 1 unspecified atom stereocenters. The van der Waals surface area contributed by atoms with Gasteiger partial charge in [-0.05, 0) is 121 Å². The third-order valence-electron chi connectivity index (χ3n) is 10.5. The minimum atomic E-state index is -1.00. The molecule has 6 amide bonds. The van der Waals surface area contributed by atoms with Crippen LogP contribution in [0.2, 0.25) is 0 Å². The summed E-state index contributed by atoms with van der Waals surface area (Å²) in [7, 11) is 0. The minimum Gasteiger partial charge on any atom is -0.444 e. The maximum atomic E-state index is 14.0. The Morgan fingerprint density at radius 3 is 1.97 bits per heavy atom. The number of nitrogens with one attached hydrogen (secondary N) is 5. The van der Waals surface area contributed by atoms with E-state index in [2.05, 4.69) is 26.3 Å². The molecule has 3 aromatic carbocycles. The molecule has 1 aromatic heterocycles. The van der Waals surface area contributed by atoms with Crippen molar-refractivity contribution in [1.29, 1.82) is 0 Å². The largest absolute Gasteiger partial charge is 0.444 e. The number of nitrogens with zero attached hydrogens (tertiary/aromatic N) is 2. The Bertz CT molecular complexity index is 2240. The van der Waals surface area contributed by atoms with Gasteiger partial charge in [0.15, 0.2) is 5.78 Å². The summed E-state index contributed by atoms with van der Waals surface area (Å²) in [4.78, 5) is 86.3. The Morgan fingerprint density at radius 2 is 1.33 bits per heavy atom. The Kier molecular flexibility index (Phi) is 13.4. The van der Waals surface area contributed by atoms with Gasteiger partial charge in [0.25, 0.3) is 0 Å². The van der Waals surface area contributed by atoms with Gasteiger partial charge in [-0.15, -0.1) is 0 Å². The lowest BCUT2D eigenvalue weighted by Gasteiger charge is -2.29. The van der Waals surface area contributed by atoms with Gasteiger partial charge in [0.05, 0.1) is 6.04 Å². The molecule has 4 aromatic rings. The number of rotatable bonds is 11. The topological polar surface area (TPSA) is 191 Å². The quantitative estimate of drug-likeness (QED) is 0.101. The average molecular weight is 836 g/mol. The zero-order valence-corrected chi connectivity index (χ0v) is 35.9. The van der Waals surface area contributed by atoms with E-state index in [4.69, 9.17) is 9.47 Å². The number of aromatic amines is 1. The first-order valence-corrected chi connectivity index (χ1v) is 20.9. The Morgan fingerprint density at radius 1 is 0.721 bits per heavy atom. The molecular formula is C46H57N7O8. The van der Waals surface area contributed by atoms with Gasteiger partial charge in [0.2, 0.25) is 11.8 Å². The number of amides is 6. The Labute approximate surface area is 356 Å². The van der Waals surface area contributed by atoms with Crippen molar-refractivity contribution in [2.45, 2.75) is 116 Å². The van der Waals surface area contributed by atoms with E-state index in [-0.39, 0.29) is 17.6 Å². The van der Waals surface area contributed by atoms with Gasteiger partial charge in [-0.3, -0.25) is 14.4 Å². The van der Waals surface area contributed by atoms with Crippen molar-refractivity contribution >= 4 is 58.1 Å². The molecule has 0 bridgehead atoms. The van der Waals surface area contributed by atoms with E-state index in [1.165, 1.54) is 9.80 Å². The van der Waals surface area contributed by atoms with Crippen LogP contribution in [0.5, 0.6) is 0 Å². The van der Waals surface area contributed by atoms with E-state index >= 15 is 0 Å². The molecule has 15 heteroatoms. The van der Waals surface area contributed by atoms with Crippen LogP contribution in [0.4, 0.5) is 25.8 Å². The van der Waals surface area contributed by atoms with Crippen LogP contribution in [-0.2, 0) is 23.9 Å². The SMILES string of the molecule is CC[C@@H](NC(=O)OC(C)(C)C)C(=O)N1CCC[C@H]1C(=O)Nc1ccc(-c2cc3cc(NC(=O)N4CCCC4C(=O)[C@H](NC(=O)OC(C)(C)C)c4ccccc4)ccc3[nH]2)cc1. The van der Waals surface area contributed by atoms with Crippen LogP contribution >= 0.6 is 0 Å². The van der Waals surface area contributed by atoms with Crippen molar-refractivity contribution in [3.05, 3.63) is 84.4 Å². The molecule has 3 heterocycles. The number of ether oxygens (including phenoxy) is 2. The van der Waals surface area contributed by atoms with E-state index in [1.807, 2.05) is 36.4 Å². The highest BCUT2D eigenvalue weighted by Gasteiger charge is 2.40. The summed E-state index contributed by atoms with van der Waals surface area (Å²) in [5, 5.41) is 12.2. The second-order valence-electron chi connectivity index (χ2n) is 17.5. The zero-order valence-electron chi connectivity index (χ0n) is 35.9. The van der Waals surface area contributed by atoms with Crippen molar-refractivity contribution in [2.75, 3.05) is 23.7 Å². The van der Waals surface area contributed by atoms with E-state index in [0.717, 1.165) is 22.2 Å². The third kappa shape index (κ3) is 11.3. The molecule has 324 valence electrons. The van der Waals surface area contributed by atoms with Crippen LogP contribution in [0.15, 0.2) is 78.9 Å². The number of carbonyl (C=O) groups is 6. The molecule has 0 saturated carbocycles. The molecule has 0 aliphatic carbocycles. The molecule has 2 fully saturated rings. The van der Waals surface area contributed by atoms with Gasteiger partial charge >= 0.3 is 18.2 Å². The van der Waals surface area contributed by atoms with Gasteiger partial charge in [-0.25, -0.2) is 14.4 Å². The number of fused-ring (bicyclic) bond motifs is 1. The summed E-state index contributed by atoms with van der Waals surface area (Å²) >= 11 is 0. The second kappa shape index (κ2) is 18.5. The number of benzene rings is 3. The number of carbonyl (C=O) groups excluding carboxylic acids is 6. The van der Waals surface area contributed by atoms with Gasteiger partial charge in [-0.2, -0.15) is 0 Å². The summed E-state index contributed by atoms with van der Waals surface area (Å²) in [6.45, 7) is 13.1. The van der Waals surface area contributed by atoms with Gasteiger partial charge < -0.3 is 45.5 Å². The first-order chi connectivity index (χ1) is 28.9. The van der Waals surface area contributed by atoms with Gasteiger partial charge in [0, 0.05) is 41.1 Å². The van der Waals surface area contributed by atoms with E-state index in [9.17, 15) is 28.8 Å². The smallest absolute Gasteiger partial charge is 0.408 e. The highest BCUT2D eigenvalue weighted by atomic mass is 16.6. The third-order valence-corrected chi connectivity index (χ3v) is 10.5. The number of Topliss-reactive ketones (excluding diaryl/α,β-unsaturated/α-hetero) is 1. The fraction of sp³-hybridized carbons (Fsp3) is 0.435. The van der Waals surface area contributed by atoms with Crippen molar-refractivity contribution in [1.82, 2.24) is 25.4 Å². The molecule has 0 radical (unpaired) electrons. The van der Waals surface area contributed by atoms with Crippen molar-refractivity contribution in [3.63, 3.8) is 0 Å². The highest BCUT2D eigenvalue weighted by molar-refractivity contribution is 6.00. The van der Waals surface area contributed by atoms with Gasteiger partial charge in [0.1, 0.15) is 29.3 Å². The second-order valence-corrected chi connectivity index (χ2v) is 17.5. The summed E-state index contributed by atoms with van der Waals surface area (Å²) in [6.07, 6.45) is 1.22. The number of alkyl carbamates (subject to hydrolysis) is 2. The van der Waals surface area contributed by atoms with Crippen molar-refractivity contribution in [2.24, 2.45) is 0 Å². The van der Waals surface area contributed by atoms with Crippen LogP contribution in [0, 0.1) is 0 Å². The number of hydrogen-bond acceptors (Lipinski definition) is 8. The summed E-state index contributed by atoms with van der Waals surface area (Å²) in [6, 6.07) is 20.1. The Hall–Kier alpha value is -6.38. The molecule has 2 saturated heterocycles. The molecule has 5 N–H and O–H groups in total. The average Bonchev–Trinajstić information content (AvgIpc) is 3.98.